The number of carbonyl (C=O) groups is 1. The number of nitrogens with zero attached hydrogens (tertiary/aromatic N) is 2. The summed E-state index contributed by atoms with van der Waals surface area (Å²) in [5, 5.41) is 11.6. The number of thioether (sulfide) groups is 1. The highest BCUT2D eigenvalue weighted by molar-refractivity contribution is 7.99. The molecule has 0 atom stereocenters. The average molecular weight is 358 g/mol. The van der Waals surface area contributed by atoms with E-state index in [0.717, 1.165) is 27.5 Å². The normalized spacial score (nSPS) is 10.7. The van der Waals surface area contributed by atoms with Gasteiger partial charge < -0.3 is 5.32 Å². The van der Waals surface area contributed by atoms with Crippen LogP contribution in [0.3, 0.4) is 0 Å². The van der Waals surface area contributed by atoms with E-state index in [2.05, 4.69) is 28.8 Å². The lowest BCUT2D eigenvalue weighted by molar-refractivity contribution is 0.0949. The summed E-state index contributed by atoms with van der Waals surface area (Å²) in [5.41, 5.74) is 2.84. The van der Waals surface area contributed by atoms with Crippen molar-refractivity contribution in [1.29, 1.82) is 0 Å². The minimum atomic E-state index is -0.0308. The molecule has 0 bridgehead atoms. The molecular weight excluding hydrogens is 338 g/mol. The second kappa shape index (κ2) is 8.17. The van der Waals surface area contributed by atoms with E-state index in [1.807, 2.05) is 46.6 Å². The van der Waals surface area contributed by atoms with Gasteiger partial charge in [-0.25, -0.2) is 0 Å². The third-order valence-corrected chi connectivity index (χ3v) is 5.15. The molecule has 0 radical (unpaired) electrons. The van der Waals surface area contributed by atoms with Crippen LogP contribution < -0.4 is 5.32 Å². The third kappa shape index (κ3) is 4.07. The Labute approximate surface area is 149 Å². The maximum absolute atomic E-state index is 12.4. The molecule has 0 aliphatic rings. The van der Waals surface area contributed by atoms with Gasteiger partial charge >= 0.3 is 0 Å². The molecule has 0 unspecified atom stereocenters. The summed E-state index contributed by atoms with van der Waals surface area (Å²) < 4.78 is 1.86. The van der Waals surface area contributed by atoms with Crippen LogP contribution in [0.4, 0.5) is 0 Å². The molecule has 0 saturated heterocycles. The van der Waals surface area contributed by atoms with Gasteiger partial charge in [0.15, 0.2) is 0 Å². The molecule has 6 heteroatoms. The number of hydrogen-bond acceptors (Lipinski definition) is 4. The third-order valence-electron chi connectivity index (χ3n) is 3.52. The van der Waals surface area contributed by atoms with Crippen LogP contribution in [0.2, 0.25) is 0 Å². The predicted molar refractivity (Wildman–Crippen MR) is 101 cm³/mol. The van der Waals surface area contributed by atoms with E-state index >= 15 is 0 Å². The van der Waals surface area contributed by atoms with E-state index in [9.17, 15) is 4.79 Å². The molecule has 3 aromatic rings. The van der Waals surface area contributed by atoms with Crippen LogP contribution >= 0.6 is 23.1 Å². The van der Waals surface area contributed by atoms with Gasteiger partial charge in [0.05, 0.1) is 17.8 Å². The van der Waals surface area contributed by atoms with Gasteiger partial charge in [-0.2, -0.15) is 16.4 Å². The largest absolute Gasteiger partial charge is 0.350 e. The van der Waals surface area contributed by atoms with Gasteiger partial charge in [0, 0.05) is 28.6 Å². The molecule has 1 aromatic carbocycles. The maximum atomic E-state index is 12.4. The van der Waals surface area contributed by atoms with Gasteiger partial charge in [0.2, 0.25) is 0 Å². The molecule has 24 heavy (non-hydrogen) atoms. The van der Waals surface area contributed by atoms with Crippen molar-refractivity contribution >= 4 is 29.0 Å². The number of rotatable bonds is 7. The van der Waals surface area contributed by atoms with Crippen molar-refractivity contribution in [2.24, 2.45) is 0 Å². The Morgan fingerprint density at radius 3 is 2.96 bits per heavy atom. The SMILES string of the molecule is CCSc1ccccc1C(=O)NCCn1ccc(-c2ccsc2)n1. The van der Waals surface area contributed by atoms with E-state index in [-0.39, 0.29) is 5.91 Å². The number of benzene rings is 1. The van der Waals surface area contributed by atoms with Gasteiger partial charge in [0.1, 0.15) is 0 Å². The molecule has 0 saturated carbocycles. The summed E-state index contributed by atoms with van der Waals surface area (Å²) in [6.07, 6.45) is 1.94. The molecule has 0 spiro atoms. The average Bonchev–Trinajstić information content (AvgIpc) is 3.27. The van der Waals surface area contributed by atoms with Gasteiger partial charge in [-0.05, 0) is 35.4 Å². The van der Waals surface area contributed by atoms with E-state index in [1.54, 1.807) is 23.1 Å². The van der Waals surface area contributed by atoms with Crippen molar-refractivity contribution in [3.63, 3.8) is 0 Å². The summed E-state index contributed by atoms with van der Waals surface area (Å²) in [4.78, 5) is 13.4. The Kier molecular flexibility index (Phi) is 5.72. The zero-order chi connectivity index (χ0) is 16.8. The van der Waals surface area contributed by atoms with Crippen molar-refractivity contribution in [3.8, 4) is 11.3 Å². The number of nitrogens with one attached hydrogen (secondary N) is 1. The first kappa shape index (κ1) is 16.8. The minimum absolute atomic E-state index is 0.0308. The van der Waals surface area contributed by atoms with Gasteiger partial charge in [-0.15, -0.1) is 11.8 Å². The number of amides is 1. The van der Waals surface area contributed by atoms with Crippen LogP contribution in [0.1, 0.15) is 17.3 Å². The molecule has 1 N–H and O–H groups in total. The fourth-order valence-corrected chi connectivity index (χ4v) is 3.82. The van der Waals surface area contributed by atoms with Crippen LogP contribution in [-0.2, 0) is 6.54 Å². The highest BCUT2D eigenvalue weighted by Gasteiger charge is 2.10. The van der Waals surface area contributed by atoms with Crippen LogP contribution in [0.15, 0.2) is 58.3 Å². The molecule has 0 fully saturated rings. The van der Waals surface area contributed by atoms with Crippen LogP contribution in [0, 0.1) is 0 Å². The van der Waals surface area contributed by atoms with Crippen molar-refractivity contribution in [2.45, 2.75) is 18.4 Å². The number of thiophene rings is 1. The number of hydrogen-bond donors (Lipinski definition) is 1. The summed E-state index contributed by atoms with van der Waals surface area (Å²) in [6, 6.07) is 11.8. The standard InChI is InChI=1S/C18H19N3OS2/c1-2-24-17-6-4-3-5-15(17)18(22)19-9-11-21-10-7-16(20-21)14-8-12-23-13-14/h3-8,10,12-13H,2,9,11H2,1H3,(H,19,22). The first-order valence-corrected chi connectivity index (χ1v) is 9.77. The summed E-state index contributed by atoms with van der Waals surface area (Å²) in [6.45, 7) is 3.29. The maximum Gasteiger partial charge on any atom is 0.252 e. The topological polar surface area (TPSA) is 46.9 Å². The molecule has 124 valence electrons. The predicted octanol–water partition coefficient (Wildman–Crippen LogP) is 4.15. The Bertz CT molecular complexity index is 796. The smallest absolute Gasteiger partial charge is 0.252 e. The molecule has 2 aromatic heterocycles. The van der Waals surface area contributed by atoms with Crippen molar-refractivity contribution in [3.05, 3.63) is 58.9 Å². The van der Waals surface area contributed by atoms with E-state index in [4.69, 9.17) is 0 Å². The molecule has 2 heterocycles. The van der Waals surface area contributed by atoms with Crippen molar-refractivity contribution in [1.82, 2.24) is 15.1 Å². The lowest BCUT2D eigenvalue weighted by Crippen LogP contribution is -2.27. The number of carbonyl (C=O) groups excluding carboxylic acids is 1. The highest BCUT2D eigenvalue weighted by Crippen LogP contribution is 2.22. The Hall–Kier alpha value is -2.05. The second-order valence-electron chi connectivity index (χ2n) is 5.16. The highest BCUT2D eigenvalue weighted by atomic mass is 32.2. The Balaban J connectivity index is 1.56. The molecule has 3 rings (SSSR count). The van der Waals surface area contributed by atoms with E-state index in [1.165, 1.54) is 0 Å². The van der Waals surface area contributed by atoms with Crippen LogP contribution in [0.25, 0.3) is 11.3 Å². The van der Waals surface area contributed by atoms with E-state index < -0.39 is 0 Å². The summed E-state index contributed by atoms with van der Waals surface area (Å²) in [7, 11) is 0. The fraction of sp³-hybridized carbons (Fsp3) is 0.222. The fourth-order valence-electron chi connectivity index (χ4n) is 2.37. The Morgan fingerprint density at radius 2 is 2.17 bits per heavy atom. The molecule has 0 aliphatic heterocycles. The van der Waals surface area contributed by atoms with Crippen molar-refractivity contribution < 1.29 is 4.79 Å². The monoisotopic (exact) mass is 357 g/mol. The minimum Gasteiger partial charge on any atom is -0.350 e. The number of aromatic nitrogens is 2. The van der Waals surface area contributed by atoms with Crippen LogP contribution in [-0.4, -0.2) is 28.0 Å². The van der Waals surface area contributed by atoms with E-state index in [0.29, 0.717) is 13.1 Å². The Morgan fingerprint density at radius 1 is 1.29 bits per heavy atom. The zero-order valence-electron chi connectivity index (χ0n) is 13.4. The molecule has 0 aliphatic carbocycles. The summed E-state index contributed by atoms with van der Waals surface area (Å²) in [5.74, 6) is 0.917. The quantitative estimate of drug-likeness (QED) is 0.646. The van der Waals surface area contributed by atoms with Gasteiger partial charge in [-0.3, -0.25) is 9.48 Å². The lowest BCUT2D eigenvalue weighted by atomic mass is 10.2. The first-order chi connectivity index (χ1) is 11.8. The summed E-state index contributed by atoms with van der Waals surface area (Å²) >= 11 is 3.34. The van der Waals surface area contributed by atoms with Crippen LogP contribution in [0.5, 0.6) is 0 Å². The second-order valence-corrected chi connectivity index (χ2v) is 7.25. The first-order valence-electron chi connectivity index (χ1n) is 7.84. The molecular formula is C18H19N3OS2. The zero-order valence-corrected chi connectivity index (χ0v) is 15.1. The van der Waals surface area contributed by atoms with Gasteiger partial charge in [0.25, 0.3) is 5.91 Å². The molecule has 4 nitrogen and oxygen atoms in total. The molecule has 1 amide bonds. The van der Waals surface area contributed by atoms with Crippen molar-refractivity contribution in [2.75, 3.05) is 12.3 Å². The van der Waals surface area contributed by atoms with Gasteiger partial charge in [-0.1, -0.05) is 19.1 Å². The lowest BCUT2D eigenvalue weighted by Gasteiger charge is -2.09.